The molecule has 2 rings (SSSR count). The van der Waals surface area contributed by atoms with Gasteiger partial charge in [0.1, 0.15) is 0 Å². The number of aliphatic hydroxyl groups is 1. The number of nitrogens with zero attached hydrogens (tertiary/aromatic N) is 4. The molecule has 5 nitrogen and oxygen atoms in total. The molecule has 1 aromatic heterocycles. The smallest absolute Gasteiger partial charge is 0.0999 e. The monoisotopic (exact) mass is 234 g/mol. The summed E-state index contributed by atoms with van der Waals surface area (Å²) in [5.74, 6) is 0. The highest BCUT2D eigenvalue weighted by Gasteiger charge is 2.43. The molecular weight excluding hydrogens is 216 g/mol. The van der Waals surface area contributed by atoms with Crippen LogP contribution in [0, 0.1) is 16.7 Å². The van der Waals surface area contributed by atoms with Crippen LogP contribution in [0.5, 0.6) is 0 Å². The fraction of sp³-hybridized carbons (Fsp3) is 0.750. The van der Waals surface area contributed by atoms with E-state index in [4.69, 9.17) is 5.26 Å². The van der Waals surface area contributed by atoms with Crippen LogP contribution in [0.25, 0.3) is 0 Å². The summed E-state index contributed by atoms with van der Waals surface area (Å²) in [6.45, 7) is 3.05. The van der Waals surface area contributed by atoms with Crippen LogP contribution in [-0.2, 0) is 19.4 Å². The van der Waals surface area contributed by atoms with E-state index in [0.717, 1.165) is 43.6 Å². The topological polar surface area (TPSA) is 74.7 Å². The van der Waals surface area contributed by atoms with Gasteiger partial charge in [-0.1, -0.05) is 18.6 Å². The van der Waals surface area contributed by atoms with Crippen molar-refractivity contribution in [3.05, 3.63) is 11.4 Å². The summed E-state index contributed by atoms with van der Waals surface area (Å²) in [4.78, 5) is 0. The van der Waals surface area contributed by atoms with Gasteiger partial charge in [-0.05, 0) is 19.3 Å². The van der Waals surface area contributed by atoms with Crippen LogP contribution in [-0.4, -0.2) is 26.7 Å². The van der Waals surface area contributed by atoms with Crippen LogP contribution in [0.15, 0.2) is 0 Å². The number of hydrogen-bond acceptors (Lipinski definition) is 4. The molecule has 1 aliphatic carbocycles. The van der Waals surface area contributed by atoms with E-state index >= 15 is 0 Å². The van der Waals surface area contributed by atoms with E-state index < -0.39 is 0 Å². The normalized spacial score (nSPS) is 16.8. The average molecular weight is 234 g/mol. The van der Waals surface area contributed by atoms with Crippen molar-refractivity contribution in [2.75, 3.05) is 6.61 Å². The van der Waals surface area contributed by atoms with E-state index in [0.29, 0.717) is 6.42 Å². The third-order valence-electron chi connectivity index (χ3n) is 3.43. The summed E-state index contributed by atoms with van der Waals surface area (Å²) in [5.41, 5.74) is 1.89. The molecule has 92 valence electrons. The number of rotatable bonds is 6. The Labute approximate surface area is 101 Å². The van der Waals surface area contributed by atoms with Crippen molar-refractivity contribution in [2.45, 2.75) is 45.6 Å². The summed E-state index contributed by atoms with van der Waals surface area (Å²) >= 11 is 0. The van der Waals surface area contributed by atoms with Gasteiger partial charge in [-0.3, -0.25) is 0 Å². The lowest BCUT2D eigenvalue weighted by Crippen LogP contribution is -2.18. The van der Waals surface area contributed by atoms with Gasteiger partial charge in [-0.25, -0.2) is 4.68 Å². The standard InChI is InChI=1S/C12H18N4O/c1-2-3-11-10(4-7-13)14-15-16(11)8-12(9-17)5-6-12/h17H,2-6,8-9H2,1H3. The Morgan fingerprint density at radius 3 is 2.82 bits per heavy atom. The minimum Gasteiger partial charge on any atom is -0.396 e. The fourth-order valence-corrected chi connectivity index (χ4v) is 2.08. The van der Waals surface area contributed by atoms with Gasteiger partial charge in [-0.15, -0.1) is 5.10 Å². The lowest BCUT2D eigenvalue weighted by molar-refractivity contribution is 0.188. The van der Waals surface area contributed by atoms with Crippen molar-refractivity contribution in [1.82, 2.24) is 15.0 Å². The molecule has 0 spiro atoms. The number of hydrogen-bond donors (Lipinski definition) is 1. The van der Waals surface area contributed by atoms with Gasteiger partial charge in [0.25, 0.3) is 0 Å². The SMILES string of the molecule is CCCc1c(CC#N)nnn1CC1(CO)CC1. The zero-order valence-electron chi connectivity index (χ0n) is 10.2. The van der Waals surface area contributed by atoms with Crippen LogP contribution in [0.4, 0.5) is 0 Å². The highest BCUT2D eigenvalue weighted by Crippen LogP contribution is 2.46. The second kappa shape index (κ2) is 4.84. The van der Waals surface area contributed by atoms with Gasteiger partial charge in [0, 0.05) is 5.41 Å². The number of nitriles is 1. The summed E-state index contributed by atoms with van der Waals surface area (Å²) in [6.07, 6.45) is 4.34. The van der Waals surface area contributed by atoms with Crippen molar-refractivity contribution in [3.63, 3.8) is 0 Å². The van der Waals surface area contributed by atoms with E-state index in [1.807, 2.05) is 4.68 Å². The molecular formula is C12H18N4O. The molecule has 0 aromatic carbocycles. The summed E-state index contributed by atoms with van der Waals surface area (Å²) in [7, 11) is 0. The highest BCUT2D eigenvalue weighted by molar-refractivity contribution is 5.15. The van der Waals surface area contributed by atoms with Crippen molar-refractivity contribution >= 4 is 0 Å². The molecule has 1 saturated carbocycles. The van der Waals surface area contributed by atoms with Crippen LogP contribution >= 0.6 is 0 Å². The van der Waals surface area contributed by atoms with Crippen LogP contribution in [0.3, 0.4) is 0 Å². The maximum Gasteiger partial charge on any atom is 0.0999 e. The molecule has 0 saturated heterocycles. The zero-order valence-corrected chi connectivity index (χ0v) is 10.2. The number of aromatic nitrogens is 3. The molecule has 1 aromatic rings. The fourth-order valence-electron chi connectivity index (χ4n) is 2.08. The Kier molecular flexibility index (Phi) is 3.43. The Balaban J connectivity index is 2.18. The van der Waals surface area contributed by atoms with Crippen LogP contribution < -0.4 is 0 Å². The Morgan fingerprint density at radius 1 is 1.53 bits per heavy atom. The van der Waals surface area contributed by atoms with Gasteiger partial charge in [-0.2, -0.15) is 5.26 Å². The van der Waals surface area contributed by atoms with Gasteiger partial charge < -0.3 is 5.11 Å². The molecule has 0 bridgehead atoms. The average Bonchev–Trinajstić information content (AvgIpc) is 3.02. The maximum atomic E-state index is 9.33. The minimum absolute atomic E-state index is 0.0279. The molecule has 1 heterocycles. The van der Waals surface area contributed by atoms with Crippen molar-refractivity contribution in [1.29, 1.82) is 5.26 Å². The zero-order chi connectivity index (χ0) is 12.3. The highest BCUT2D eigenvalue weighted by atomic mass is 16.3. The summed E-state index contributed by atoms with van der Waals surface area (Å²) < 4.78 is 1.89. The van der Waals surface area contributed by atoms with Crippen molar-refractivity contribution in [2.24, 2.45) is 5.41 Å². The third-order valence-corrected chi connectivity index (χ3v) is 3.43. The first-order chi connectivity index (χ1) is 8.24. The van der Waals surface area contributed by atoms with Crippen molar-refractivity contribution in [3.8, 4) is 6.07 Å². The Bertz CT molecular complexity index is 428. The quantitative estimate of drug-likeness (QED) is 0.799. The van der Waals surface area contributed by atoms with E-state index in [-0.39, 0.29) is 12.0 Å². The molecule has 0 amide bonds. The summed E-state index contributed by atoms with van der Waals surface area (Å²) in [5, 5.41) is 26.3. The largest absolute Gasteiger partial charge is 0.396 e. The van der Waals surface area contributed by atoms with E-state index in [9.17, 15) is 5.11 Å². The molecule has 17 heavy (non-hydrogen) atoms. The molecule has 0 atom stereocenters. The second-order valence-electron chi connectivity index (χ2n) is 4.88. The molecule has 1 aliphatic rings. The van der Waals surface area contributed by atoms with E-state index in [2.05, 4.69) is 23.3 Å². The lowest BCUT2D eigenvalue weighted by atomic mass is 10.1. The van der Waals surface area contributed by atoms with E-state index in [1.54, 1.807) is 0 Å². The van der Waals surface area contributed by atoms with Gasteiger partial charge in [0.15, 0.2) is 0 Å². The lowest BCUT2D eigenvalue weighted by Gasteiger charge is -2.13. The van der Waals surface area contributed by atoms with Crippen LogP contribution in [0.1, 0.15) is 37.6 Å². The predicted molar refractivity (Wildman–Crippen MR) is 62.1 cm³/mol. The van der Waals surface area contributed by atoms with Gasteiger partial charge in [0.05, 0.1) is 37.0 Å². The first-order valence-corrected chi connectivity index (χ1v) is 6.14. The van der Waals surface area contributed by atoms with E-state index in [1.165, 1.54) is 0 Å². The summed E-state index contributed by atoms with van der Waals surface area (Å²) in [6, 6.07) is 2.12. The molecule has 0 aliphatic heterocycles. The predicted octanol–water partition coefficient (Wildman–Crippen LogP) is 1.07. The maximum absolute atomic E-state index is 9.33. The van der Waals surface area contributed by atoms with Gasteiger partial charge >= 0.3 is 0 Å². The molecule has 1 fully saturated rings. The molecule has 0 unspecified atom stereocenters. The minimum atomic E-state index is 0.0279. The Morgan fingerprint density at radius 2 is 2.29 bits per heavy atom. The Hall–Kier alpha value is -1.41. The second-order valence-corrected chi connectivity index (χ2v) is 4.88. The molecule has 0 radical (unpaired) electrons. The number of aliphatic hydroxyl groups excluding tert-OH is 1. The molecule has 5 heteroatoms. The van der Waals surface area contributed by atoms with Crippen LogP contribution in [0.2, 0.25) is 0 Å². The van der Waals surface area contributed by atoms with Crippen molar-refractivity contribution < 1.29 is 5.11 Å². The first-order valence-electron chi connectivity index (χ1n) is 6.14. The van der Waals surface area contributed by atoms with Gasteiger partial charge in [0.2, 0.25) is 0 Å². The third kappa shape index (κ3) is 2.47. The molecule has 1 N–H and O–H groups in total. The first kappa shape index (κ1) is 12.1.